The van der Waals surface area contributed by atoms with Crippen molar-refractivity contribution < 1.29 is 0 Å². The number of para-hydroxylation sites is 2. The average Bonchev–Trinajstić information content (AvgIpc) is 3.61. The number of anilines is 2. The molecule has 0 unspecified atom stereocenters. The van der Waals surface area contributed by atoms with Crippen LogP contribution in [0, 0.1) is 0 Å². The summed E-state index contributed by atoms with van der Waals surface area (Å²) in [6.07, 6.45) is 11.2. The zero-order valence-corrected chi connectivity index (χ0v) is 17.4. The van der Waals surface area contributed by atoms with Crippen molar-refractivity contribution in [3.63, 3.8) is 0 Å². The summed E-state index contributed by atoms with van der Waals surface area (Å²) in [5, 5.41) is 0. The van der Waals surface area contributed by atoms with Gasteiger partial charge in [0.15, 0.2) is 0 Å². The van der Waals surface area contributed by atoms with Gasteiger partial charge in [0, 0.05) is 24.5 Å². The van der Waals surface area contributed by atoms with E-state index < -0.39 is 0 Å². The summed E-state index contributed by atoms with van der Waals surface area (Å²) < 4.78 is 0. The maximum absolute atomic E-state index is 2.75. The van der Waals surface area contributed by atoms with Crippen LogP contribution in [-0.2, 0) is 0 Å². The van der Waals surface area contributed by atoms with Crippen molar-refractivity contribution in [1.29, 1.82) is 0 Å². The Balaban J connectivity index is 1.26. The molecule has 2 heteroatoms. The van der Waals surface area contributed by atoms with Crippen LogP contribution >= 0.6 is 0 Å². The molecule has 0 amide bonds. The molecule has 5 aliphatic rings. The molecule has 1 heterocycles. The Bertz CT molecular complexity index is 809. The fraction of sp³-hybridized carbons (Fsp3) is 0.556. The SMILES string of the molecule is c1cc(C2CC2)c(N2CCN(c3c(C4CC4)cccc3C3CC3)C2)c(C2CC2)c1. The van der Waals surface area contributed by atoms with E-state index in [2.05, 4.69) is 46.2 Å². The van der Waals surface area contributed by atoms with E-state index in [1.165, 1.54) is 64.5 Å². The zero-order valence-electron chi connectivity index (χ0n) is 17.4. The van der Waals surface area contributed by atoms with Crippen molar-refractivity contribution in [2.45, 2.75) is 75.0 Å². The maximum atomic E-state index is 2.75. The third-order valence-corrected chi connectivity index (χ3v) is 7.88. The van der Waals surface area contributed by atoms with Gasteiger partial charge < -0.3 is 9.80 Å². The molecule has 0 bridgehead atoms. The van der Waals surface area contributed by atoms with E-state index in [0.29, 0.717) is 0 Å². The summed E-state index contributed by atoms with van der Waals surface area (Å²) in [6.45, 7) is 3.46. The second kappa shape index (κ2) is 6.27. The lowest BCUT2D eigenvalue weighted by Gasteiger charge is -2.28. The molecule has 4 saturated carbocycles. The van der Waals surface area contributed by atoms with Gasteiger partial charge in [-0.3, -0.25) is 0 Å². The predicted molar refractivity (Wildman–Crippen MR) is 120 cm³/mol. The minimum absolute atomic E-state index is 0.832. The lowest BCUT2D eigenvalue weighted by atomic mass is 9.99. The van der Waals surface area contributed by atoms with Gasteiger partial charge >= 0.3 is 0 Å². The molecular weight excluding hydrogens is 352 g/mol. The largest absolute Gasteiger partial charge is 0.352 e. The minimum Gasteiger partial charge on any atom is -0.352 e. The highest BCUT2D eigenvalue weighted by Gasteiger charge is 2.38. The molecule has 7 rings (SSSR count). The van der Waals surface area contributed by atoms with Gasteiger partial charge in [0.2, 0.25) is 0 Å². The topological polar surface area (TPSA) is 6.48 Å². The Labute approximate surface area is 174 Å². The Kier molecular flexibility index (Phi) is 3.63. The Hall–Kier alpha value is -1.96. The molecule has 1 aliphatic heterocycles. The quantitative estimate of drug-likeness (QED) is 0.562. The van der Waals surface area contributed by atoms with Gasteiger partial charge in [-0.2, -0.15) is 0 Å². The van der Waals surface area contributed by atoms with Gasteiger partial charge in [0.05, 0.1) is 6.67 Å². The van der Waals surface area contributed by atoms with Crippen molar-refractivity contribution in [2.75, 3.05) is 29.6 Å². The summed E-state index contributed by atoms with van der Waals surface area (Å²) >= 11 is 0. The van der Waals surface area contributed by atoms with Gasteiger partial charge in [-0.25, -0.2) is 0 Å². The van der Waals surface area contributed by atoms with Crippen LogP contribution in [0.5, 0.6) is 0 Å². The van der Waals surface area contributed by atoms with Crippen LogP contribution in [0.4, 0.5) is 11.4 Å². The molecule has 0 N–H and O–H groups in total. The van der Waals surface area contributed by atoms with Gasteiger partial charge in [0.1, 0.15) is 0 Å². The van der Waals surface area contributed by atoms with Crippen LogP contribution in [0.25, 0.3) is 0 Å². The van der Waals surface area contributed by atoms with Crippen LogP contribution in [0.1, 0.15) is 97.3 Å². The number of nitrogens with zero attached hydrogens (tertiary/aromatic N) is 2. The second-order valence-corrected chi connectivity index (χ2v) is 10.3. The van der Waals surface area contributed by atoms with Crippen molar-refractivity contribution in [3.8, 4) is 0 Å². The highest BCUT2D eigenvalue weighted by molar-refractivity contribution is 5.69. The summed E-state index contributed by atoms with van der Waals surface area (Å²) in [6, 6.07) is 14.4. The van der Waals surface area contributed by atoms with E-state index in [0.717, 1.165) is 30.3 Å². The molecule has 150 valence electrons. The molecule has 0 spiro atoms. The standard InChI is InChI=1S/C27H32N2/c1-3-22(18-7-8-18)26(23(4-1)19-9-10-19)28-15-16-29(17-28)27-24(20-11-12-20)5-2-6-25(27)21-13-14-21/h1-6,18-21H,7-17H2. The smallest absolute Gasteiger partial charge is 0.0904 e. The Morgan fingerprint density at radius 1 is 0.483 bits per heavy atom. The number of hydrogen-bond donors (Lipinski definition) is 0. The van der Waals surface area contributed by atoms with E-state index in [4.69, 9.17) is 0 Å². The van der Waals surface area contributed by atoms with Crippen LogP contribution in [0.3, 0.4) is 0 Å². The molecule has 29 heavy (non-hydrogen) atoms. The van der Waals surface area contributed by atoms with Gasteiger partial charge in [-0.1, -0.05) is 36.4 Å². The van der Waals surface area contributed by atoms with Crippen LogP contribution in [0.2, 0.25) is 0 Å². The fourth-order valence-electron chi connectivity index (χ4n) is 5.74. The van der Waals surface area contributed by atoms with E-state index in [9.17, 15) is 0 Å². The molecule has 1 saturated heterocycles. The normalized spacial score (nSPS) is 24.4. The molecule has 2 aromatic rings. The monoisotopic (exact) mass is 384 g/mol. The van der Waals surface area contributed by atoms with Crippen LogP contribution in [0.15, 0.2) is 36.4 Å². The third kappa shape index (κ3) is 2.98. The van der Waals surface area contributed by atoms with E-state index in [-0.39, 0.29) is 0 Å². The minimum atomic E-state index is 0.832. The first-order chi connectivity index (χ1) is 14.4. The Morgan fingerprint density at radius 2 is 0.793 bits per heavy atom. The zero-order chi connectivity index (χ0) is 18.9. The first kappa shape index (κ1) is 16.8. The molecule has 0 radical (unpaired) electrons. The third-order valence-electron chi connectivity index (χ3n) is 7.88. The molecule has 0 atom stereocenters. The first-order valence-corrected chi connectivity index (χ1v) is 12.1. The predicted octanol–water partition coefficient (Wildman–Crippen LogP) is 6.48. The van der Waals surface area contributed by atoms with Crippen LogP contribution in [-0.4, -0.2) is 19.8 Å². The van der Waals surface area contributed by atoms with Crippen molar-refractivity contribution in [1.82, 2.24) is 0 Å². The van der Waals surface area contributed by atoms with Crippen molar-refractivity contribution in [2.24, 2.45) is 0 Å². The van der Waals surface area contributed by atoms with Gasteiger partial charge in [-0.15, -0.1) is 0 Å². The molecule has 0 aromatic heterocycles. The summed E-state index contributed by atoms with van der Waals surface area (Å²) in [5.74, 6) is 3.33. The maximum Gasteiger partial charge on any atom is 0.0904 e. The first-order valence-electron chi connectivity index (χ1n) is 12.1. The molecule has 5 fully saturated rings. The van der Waals surface area contributed by atoms with Crippen LogP contribution < -0.4 is 9.80 Å². The average molecular weight is 385 g/mol. The van der Waals surface area contributed by atoms with E-state index in [1.54, 1.807) is 33.6 Å². The van der Waals surface area contributed by atoms with Gasteiger partial charge in [-0.05, 0) is 97.3 Å². The Morgan fingerprint density at radius 3 is 1.07 bits per heavy atom. The van der Waals surface area contributed by atoms with E-state index in [1.807, 2.05) is 0 Å². The number of benzene rings is 2. The highest BCUT2D eigenvalue weighted by Crippen LogP contribution is 2.53. The van der Waals surface area contributed by atoms with Crippen molar-refractivity contribution >= 4 is 11.4 Å². The fourth-order valence-corrected chi connectivity index (χ4v) is 5.74. The van der Waals surface area contributed by atoms with Crippen molar-refractivity contribution in [3.05, 3.63) is 58.7 Å². The van der Waals surface area contributed by atoms with E-state index >= 15 is 0 Å². The summed E-state index contributed by atoms with van der Waals surface area (Å²) in [7, 11) is 0. The highest BCUT2D eigenvalue weighted by atomic mass is 15.4. The molecule has 4 aliphatic carbocycles. The molecule has 2 aromatic carbocycles. The lowest BCUT2D eigenvalue weighted by Crippen LogP contribution is -2.27. The molecule has 2 nitrogen and oxygen atoms in total. The number of rotatable bonds is 6. The lowest BCUT2D eigenvalue weighted by molar-refractivity contribution is 0.899. The summed E-state index contributed by atoms with van der Waals surface area (Å²) in [5.41, 5.74) is 9.92. The second-order valence-electron chi connectivity index (χ2n) is 10.3. The number of hydrogen-bond acceptors (Lipinski definition) is 2. The van der Waals surface area contributed by atoms with Gasteiger partial charge in [0.25, 0.3) is 0 Å². The summed E-state index contributed by atoms with van der Waals surface area (Å²) in [4.78, 5) is 5.50. The molecular formula is C27H32N2.